The fraction of sp³-hybridized carbons (Fsp3) is 0.944. The SMILES string of the molecule is CCNC(=NCC(C)CN1CCN(CC)CC1)NCCCCSC.I. The molecule has 1 heterocycles. The van der Waals surface area contributed by atoms with Gasteiger partial charge in [0.15, 0.2) is 5.96 Å². The van der Waals surface area contributed by atoms with Crippen LogP contribution >= 0.6 is 35.7 Å². The summed E-state index contributed by atoms with van der Waals surface area (Å²) in [5.74, 6) is 2.83. The van der Waals surface area contributed by atoms with Crippen molar-refractivity contribution in [1.82, 2.24) is 20.4 Å². The van der Waals surface area contributed by atoms with Gasteiger partial charge in [-0.3, -0.25) is 4.99 Å². The Kier molecular flexibility index (Phi) is 16.6. The van der Waals surface area contributed by atoms with Crippen molar-refractivity contribution >= 4 is 41.7 Å². The molecule has 1 saturated heterocycles. The Morgan fingerprint density at radius 2 is 1.76 bits per heavy atom. The van der Waals surface area contributed by atoms with E-state index in [1.165, 1.54) is 51.3 Å². The van der Waals surface area contributed by atoms with Crippen molar-refractivity contribution in [3.8, 4) is 0 Å². The van der Waals surface area contributed by atoms with Crippen LogP contribution in [-0.2, 0) is 0 Å². The van der Waals surface area contributed by atoms with Crippen LogP contribution in [0.5, 0.6) is 0 Å². The number of likely N-dealkylation sites (N-methyl/N-ethyl adjacent to an activating group) is 1. The predicted molar refractivity (Wildman–Crippen MR) is 125 cm³/mol. The summed E-state index contributed by atoms with van der Waals surface area (Å²) < 4.78 is 0. The van der Waals surface area contributed by atoms with E-state index in [4.69, 9.17) is 4.99 Å². The highest BCUT2D eigenvalue weighted by Crippen LogP contribution is 2.06. The van der Waals surface area contributed by atoms with Crippen LogP contribution in [0.3, 0.4) is 0 Å². The number of guanidine groups is 1. The standard InChI is InChI=1S/C18H39N5S.HI/c1-5-19-18(20-9-7-8-14-24-4)21-15-17(3)16-23-12-10-22(6-2)11-13-23;/h17H,5-16H2,1-4H3,(H2,19,20,21);1H. The van der Waals surface area contributed by atoms with Crippen LogP contribution in [0, 0.1) is 5.92 Å². The number of aliphatic imine (C=N–C) groups is 1. The number of halogens is 1. The van der Waals surface area contributed by atoms with Gasteiger partial charge in [0.25, 0.3) is 0 Å². The lowest BCUT2D eigenvalue weighted by atomic mass is 10.1. The van der Waals surface area contributed by atoms with Gasteiger partial charge in [-0.2, -0.15) is 11.8 Å². The van der Waals surface area contributed by atoms with E-state index in [9.17, 15) is 0 Å². The topological polar surface area (TPSA) is 42.9 Å². The molecule has 1 aliphatic rings. The second kappa shape index (κ2) is 16.4. The van der Waals surface area contributed by atoms with Gasteiger partial charge in [-0.05, 0) is 44.2 Å². The molecular formula is C18H40IN5S. The molecule has 150 valence electrons. The van der Waals surface area contributed by atoms with Gasteiger partial charge in [0.2, 0.25) is 0 Å². The normalized spacial score (nSPS) is 17.8. The Hall–Kier alpha value is 0.270. The number of piperazine rings is 1. The van der Waals surface area contributed by atoms with Crippen molar-refractivity contribution in [3.05, 3.63) is 0 Å². The summed E-state index contributed by atoms with van der Waals surface area (Å²) in [5.41, 5.74) is 0. The Bertz CT molecular complexity index is 335. The number of unbranched alkanes of at least 4 members (excludes halogenated alkanes) is 1. The van der Waals surface area contributed by atoms with E-state index in [0.29, 0.717) is 5.92 Å². The molecule has 0 aliphatic carbocycles. The molecule has 1 rings (SSSR count). The molecule has 0 radical (unpaired) electrons. The lowest BCUT2D eigenvalue weighted by molar-refractivity contribution is 0.125. The monoisotopic (exact) mass is 485 g/mol. The Balaban J connectivity index is 0.00000576. The summed E-state index contributed by atoms with van der Waals surface area (Å²) in [6.45, 7) is 16.7. The molecular weight excluding hydrogens is 445 g/mol. The average molecular weight is 486 g/mol. The summed E-state index contributed by atoms with van der Waals surface area (Å²) in [7, 11) is 0. The maximum atomic E-state index is 4.78. The first-order chi connectivity index (χ1) is 11.7. The Morgan fingerprint density at radius 3 is 2.36 bits per heavy atom. The van der Waals surface area contributed by atoms with Gasteiger partial charge in [0, 0.05) is 52.4 Å². The quantitative estimate of drug-likeness (QED) is 0.204. The van der Waals surface area contributed by atoms with Crippen molar-refractivity contribution in [1.29, 1.82) is 0 Å². The molecule has 1 unspecified atom stereocenters. The van der Waals surface area contributed by atoms with Crippen molar-refractivity contribution in [2.45, 2.75) is 33.6 Å². The minimum Gasteiger partial charge on any atom is -0.357 e. The molecule has 25 heavy (non-hydrogen) atoms. The molecule has 1 aliphatic heterocycles. The van der Waals surface area contributed by atoms with E-state index in [2.05, 4.69) is 47.5 Å². The van der Waals surface area contributed by atoms with Gasteiger partial charge in [-0.15, -0.1) is 24.0 Å². The first-order valence-corrected chi connectivity index (χ1v) is 11.0. The highest BCUT2D eigenvalue weighted by atomic mass is 127. The smallest absolute Gasteiger partial charge is 0.191 e. The van der Waals surface area contributed by atoms with Gasteiger partial charge in [0.1, 0.15) is 0 Å². The fourth-order valence-electron chi connectivity index (χ4n) is 2.95. The highest BCUT2D eigenvalue weighted by Gasteiger charge is 2.17. The van der Waals surface area contributed by atoms with Crippen molar-refractivity contribution in [2.75, 3.05) is 70.9 Å². The third-order valence-electron chi connectivity index (χ3n) is 4.45. The third-order valence-corrected chi connectivity index (χ3v) is 5.15. The van der Waals surface area contributed by atoms with Gasteiger partial charge < -0.3 is 20.4 Å². The van der Waals surface area contributed by atoms with E-state index in [-0.39, 0.29) is 24.0 Å². The van der Waals surface area contributed by atoms with Crippen LogP contribution in [0.25, 0.3) is 0 Å². The molecule has 0 aromatic rings. The first kappa shape index (κ1) is 25.3. The minimum absolute atomic E-state index is 0. The van der Waals surface area contributed by atoms with E-state index in [0.717, 1.165) is 32.1 Å². The van der Waals surface area contributed by atoms with Gasteiger partial charge in [0.05, 0.1) is 0 Å². The molecule has 0 amide bonds. The van der Waals surface area contributed by atoms with E-state index in [1.54, 1.807) is 0 Å². The number of hydrogen-bond acceptors (Lipinski definition) is 4. The summed E-state index contributed by atoms with van der Waals surface area (Å²) >= 11 is 1.92. The lowest BCUT2D eigenvalue weighted by Crippen LogP contribution is -2.47. The van der Waals surface area contributed by atoms with Crippen molar-refractivity contribution in [3.63, 3.8) is 0 Å². The molecule has 0 aromatic heterocycles. The van der Waals surface area contributed by atoms with Gasteiger partial charge >= 0.3 is 0 Å². The van der Waals surface area contributed by atoms with Crippen molar-refractivity contribution < 1.29 is 0 Å². The number of rotatable bonds is 11. The minimum atomic E-state index is 0. The number of nitrogens with zero attached hydrogens (tertiary/aromatic N) is 3. The van der Waals surface area contributed by atoms with Crippen LogP contribution in [-0.4, -0.2) is 86.7 Å². The zero-order valence-corrected chi connectivity index (χ0v) is 19.9. The summed E-state index contributed by atoms with van der Waals surface area (Å²) in [6.07, 6.45) is 4.65. The number of hydrogen-bond donors (Lipinski definition) is 2. The van der Waals surface area contributed by atoms with Crippen molar-refractivity contribution in [2.24, 2.45) is 10.9 Å². The van der Waals surface area contributed by atoms with Crippen LogP contribution < -0.4 is 10.6 Å². The van der Waals surface area contributed by atoms with E-state index in [1.807, 2.05) is 11.8 Å². The Labute approximate surface area is 177 Å². The first-order valence-electron chi connectivity index (χ1n) is 9.65. The maximum absolute atomic E-state index is 4.78. The molecule has 5 nitrogen and oxygen atoms in total. The van der Waals surface area contributed by atoms with Crippen LogP contribution in [0.4, 0.5) is 0 Å². The lowest BCUT2D eigenvalue weighted by Gasteiger charge is -2.35. The zero-order chi connectivity index (χ0) is 17.6. The van der Waals surface area contributed by atoms with Crippen LogP contribution in [0.2, 0.25) is 0 Å². The molecule has 0 aromatic carbocycles. The second-order valence-corrected chi connectivity index (χ2v) is 7.67. The van der Waals surface area contributed by atoms with Crippen LogP contribution in [0.1, 0.15) is 33.6 Å². The molecule has 0 spiro atoms. The van der Waals surface area contributed by atoms with Crippen LogP contribution in [0.15, 0.2) is 4.99 Å². The molecule has 7 heteroatoms. The highest BCUT2D eigenvalue weighted by molar-refractivity contribution is 14.0. The van der Waals surface area contributed by atoms with E-state index >= 15 is 0 Å². The third kappa shape index (κ3) is 12.3. The predicted octanol–water partition coefficient (Wildman–Crippen LogP) is 2.58. The summed E-state index contributed by atoms with van der Waals surface area (Å²) in [4.78, 5) is 9.90. The average Bonchev–Trinajstić information content (AvgIpc) is 2.60. The molecule has 0 bridgehead atoms. The largest absolute Gasteiger partial charge is 0.357 e. The second-order valence-electron chi connectivity index (χ2n) is 6.69. The maximum Gasteiger partial charge on any atom is 0.191 e. The fourth-order valence-corrected chi connectivity index (χ4v) is 3.45. The number of nitrogens with one attached hydrogen (secondary N) is 2. The van der Waals surface area contributed by atoms with Gasteiger partial charge in [-0.25, -0.2) is 0 Å². The van der Waals surface area contributed by atoms with E-state index < -0.39 is 0 Å². The summed E-state index contributed by atoms with van der Waals surface area (Å²) in [5, 5.41) is 6.82. The Morgan fingerprint density at radius 1 is 1.08 bits per heavy atom. The molecule has 1 fully saturated rings. The molecule has 2 N–H and O–H groups in total. The zero-order valence-electron chi connectivity index (χ0n) is 16.7. The summed E-state index contributed by atoms with van der Waals surface area (Å²) in [6, 6.07) is 0. The van der Waals surface area contributed by atoms with Gasteiger partial charge in [-0.1, -0.05) is 13.8 Å². The number of thioether (sulfide) groups is 1. The molecule has 0 saturated carbocycles. The molecule has 1 atom stereocenters.